The third-order valence-electron chi connectivity index (χ3n) is 3.60. The molecule has 1 saturated carbocycles. The lowest BCUT2D eigenvalue weighted by molar-refractivity contribution is -0.146. The maximum atomic E-state index is 11.5. The van der Waals surface area contributed by atoms with E-state index in [1.165, 1.54) is 12.8 Å². The normalized spacial score (nSPS) is 17.4. The molecule has 0 radical (unpaired) electrons. The standard InChI is InChI=1S/C12H22N2O3/c1-4-12(5-6-12)8-14-10(17)13-7-11(2,3)9(15)16/h4-8H2,1-3H3,(H,15,16)(H2,13,14,17). The fourth-order valence-corrected chi connectivity index (χ4v) is 1.54. The van der Waals surface area contributed by atoms with Crippen LogP contribution in [0.4, 0.5) is 4.79 Å². The van der Waals surface area contributed by atoms with E-state index < -0.39 is 11.4 Å². The van der Waals surface area contributed by atoms with Crippen molar-refractivity contribution >= 4 is 12.0 Å². The first-order valence-electron chi connectivity index (χ1n) is 6.06. The Bertz CT molecular complexity index is 309. The summed E-state index contributed by atoms with van der Waals surface area (Å²) in [6.45, 7) is 6.12. The number of carboxylic acid groups (broad SMARTS) is 1. The number of carbonyl (C=O) groups is 2. The average Bonchev–Trinajstić information content (AvgIpc) is 3.04. The van der Waals surface area contributed by atoms with E-state index in [4.69, 9.17) is 5.11 Å². The summed E-state index contributed by atoms with van der Waals surface area (Å²) in [5, 5.41) is 14.3. The molecule has 5 heteroatoms. The first kappa shape index (κ1) is 13.8. The van der Waals surface area contributed by atoms with Crippen molar-refractivity contribution in [1.29, 1.82) is 0 Å². The molecule has 0 unspecified atom stereocenters. The molecule has 0 spiro atoms. The second-order valence-corrected chi connectivity index (χ2v) is 5.58. The number of rotatable bonds is 6. The third kappa shape index (κ3) is 3.91. The van der Waals surface area contributed by atoms with Crippen LogP contribution in [0.5, 0.6) is 0 Å². The van der Waals surface area contributed by atoms with Crippen LogP contribution in [0.25, 0.3) is 0 Å². The summed E-state index contributed by atoms with van der Waals surface area (Å²) in [6, 6.07) is -0.279. The van der Waals surface area contributed by atoms with Gasteiger partial charge in [0.1, 0.15) is 0 Å². The Labute approximate surface area is 102 Å². The summed E-state index contributed by atoms with van der Waals surface area (Å²) in [6.07, 6.45) is 3.42. The van der Waals surface area contributed by atoms with Crippen molar-refractivity contribution in [3.63, 3.8) is 0 Å². The number of carbonyl (C=O) groups excluding carboxylic acids is 1. The third-order valence-corrected chi connectivity index (χ3v) is 3.60. The number of nitrogens with one attached hydrogen (secondary N) is 2. The predicted molar refractivity (Wildman–Crippen MR) is 64.8 cm³/mol. The van der Waals surface area contributed by atoms with Crippen molar-refractivity contribution in [3.8, 4) is 0 Å². The van der Waals surface area contributed by atoms with Gasteiger partial charge in [-0.15, -0.1) is 0 Å². The monoisotopic (exact) mass is 242 g/mol. The highest BCUT2D eigenvalue weighted by atomic mass is 16.4. The van der Waals surface area contributed by atoms with Crippen LogP contribution in [0.1, 0.15) is 40.0 Å². The SMILES string of the molecule is CCC1(CNC(=O)NCC(C)(C)C(=O)O)CC1. The van der Waals surface area contributed by atoms with E-state index in [9.17, 15) is 9.59 Å². The first-order chi connectivity index (χ1) is 7.81. The molecule has 5 nitrogen and oxygen atoms in total. The molecule has 1 aliphatic carbocycles. The van der Waals surface area contributed by atoms with Gasteiger partial charge in [-0.3, -0.25) is 4.79 Å². The average molecular weight is 242 g/mol. The van der Waals surface area contributed by atoms with Gasteiger partial charge in [0.2, 0.25) is 0 Å². The van der Waals surface area contributed by atoms with Gasteiger partial charge in [-0.1, -0.05) is 6.92 Å². The van der Waals surface area contributed by atoms with Crippen molar-refractivity contribution in [1.82, 2.24) is 10.6 Å². The Morgan fingerprint density at radius 1 is 1.29 bits per heavy atom. The van der Waals surface area contributed by atoms with E-state index in [0.29, 0.717) is 12.0 Å². The molecule has 1 rings (SSSR count). The molecule has 2 amide bonds. The Kier molecular flexibility index (Phi) is 4.01. The number of carboxylic acids is 1. The Morgan fingerprint density at radius 3 is 2.29 bits per heavy atom. The molecule has 3 N–H and O–H groups in total. The van der Waals surface area contributed by atoms with Gasteiger partial charge in [0.15, 0.2) is 0 Å². The number of aliphatic carboxylic acids is 1. The maximum absolute atomic E-state index is 11.5. The van der Waals surface area contributed by atoms with Gasteiger partial charge < -0.3 is 15.7 Å². The highest BCUT2D eigenvalue weighted by Gasteiger charge is 2.40. The molecule has 0 atom stereocenters. The van der Waals surface area contributed by atoms with E-state index in [-0.39, 0.29) is 12.6 Å². The van der Waals surface area contributed by atoms with Crippen molar-refractivity contribution < 1.29 is 14.7 Å². The molecule has 17 heavy (non-hydrogen) atoms. The molecule has 0 aromatic rings. The van der Waals surface area contributed by atoms with Crippen LogP contribution in [-0.4, -0.2) is 30.2 Å². The zero-order valence-corrected chi connectivity index (χ0v) is 10.8. The van der Waals surface area contributed by atoms with Crippen molar-refractivity contribution in [2.75, 3.05) is 13.1 Å². The number of urea groups is 1. The minimum atomic E-state index is -0.931. The second kappa shape index (κ2) is 4.94. The Hall–Kier alpha value is -1.26. The fourth-order valence-electron chi connectivity index (χ4n) is 1.54. The van der Waals surface area contributed by atoms with Gasteiger partial charge in [-0.05, 0) is 38.5 Å². The van der Waals surface area contributed by atoms with E-state index in [2.05, 4.69) is 17.6 Å². The van der Waals surface area contributed by atoms with Crippen LogP contribution in [-0.2, 0) is 4.79 Å². The molecule has 1 aliphatic rings. The Morgan fingerprint density at radius 2 is 1.88 bits per heavy atom. The van der Waals surface area contributed by atoms with Crippen LogP contribution in [0.15, 0.2) is 0 Å². The summed E-state index contributed by atoms with van der Waals surface area (Å²) < 4.78 is 0. The van der Waals surface area contributed by atoms with Crippen molar-refractivity contribution in [3.05, 3.63) is 0 Å². The summed E-state index contributed by atoms with van der Waals surface area (Å²) in [4.78, 5) is 22.3. The van der Waals surface area contributed by atoms with Crippen molar-refractivity contribution in [2.24, 2.45) is 10.8 Å². The quantitative estimate of drug-likeness (QED) is 0.661. The summed E-state index contributed by atoms with van der Waals surface area (Å²) in [5.74, 6) is -0.912. The second-order valence-electron chi connectivity index (χ2n) is 5.58. The lowest BCUT2D eigenvalue weighted by Gasteiger charge is -2.20. The zero-order chi connectivity index (χ0) is 13.1. The van der Waals surface area contributed by atoms with Crippen LogP contribution >= 0.6 is 0 Å². The van der Waals surface area contributed by atoms with E-state index >= 15 is 0 Å². The van der Waals surface area contributed by atoms with Crippen LogP contribution < -0.4 is 10.6 Å². The number of hydrogen-bond acceptors (Lipinski definition) is 2. The molecular formula is C12H22N2O3. The molecule has 0 aromatic carbocycles. The summed E-state index contributed by atoms with van der Waals surface area (Å²) in [5.41, 5.74) is -0.626. The van der Waals surface area contributed by atoms with Gasteiger partial charge in [-0.2, -0.15) is 0 Å². The predicted octanol–water partition coefficient (Wildman–Crippen LogP) is 1.59. The maximum Gasteiger partial charge on any atom is 0.314 e. The van der Waals surface area contributed by atoms with E-state index in [1.54, 1.807) is 13.8 Å². The fraction of sp³-hybridized carbons (Fsp3) is 0.833. The Balaban J connectivity index is 2.24. The molecule has 0 heterocycles. The highest BCUT2D eigenvalue weighted by molar-refractivity contribution is 5.77. The highest BCUT2D eigenvalue weighted by Crippen LogP contribution is 2.47. The zero-order valence-electron chi connectivity index (χ0n) is 10.8. The summed E-state index contributed by atoms with van der Waals surface area (Å²) >= 11 is 0. The molecule has 98 valence electrons. The van der Waals surface area contributed by atoms with Gasteiger partial charge in [-0.25, -0.2) is 4.79 Å². The van der Waals surface area contributed by atoms with Gasteiger partial charge in [0, 0.05) is 13.1 Å². The topological polar surface area (TPSA) is 78.4 Å². The number of hydrogen-bond donors (Lipinski definition) is 3. The summed E-state index contributed by atoms with van der Waals surface area (Å²) in [7, 11) is 0. The van der Waals surface area contributed by atoms with Gasteiger partial charge in [0.05, 0.1) is 5.41 Å². The molecule has 0 aromatic heterocycles. The molecule has 0 aliphatic heterocycles. The smallest absolute Gasteiger partial charge is 0.314 e. The first-order valence-corrected chi connectivity index (χ1v) is 6.06. The number of amides is 2. The van der Waals surface area contributed by atoms with Gasteiger partial charge in [0.25, 0.3) is 0 Å². The minimum Gasteiger partial charge on any atom is -0.481 e. The molecule has 0 saturated heterocycles. The lowest BCUT2D eigenvalue weighted by Crippen LogP contribution is -2.44. The van der Waals surface area contributed by atoms with Crippen LogP contribution in [0.2, 0.25) is 0 Å². The van der Waals surface area contributed by atoms with Gasteiger partial charge >= 0.3 is 12.0 Å². The lowest BCUT2D eigenvalue weighted by atomic mass is 9.94. The minimum absolute atomic E-state index is 0.132. The molecular weight excluding hydrogens is 220 g/mol. The van der Waals surface area contributed by atoms with E-state index in [1.807, 2.05) is 0 Å². The molecule has 0 bridgehead atoms. The largest absolute Gasteiger partial charge is 0.481 e. The molecule has 1 fully saturated rings. The van der Waals surface area contributed by atoms with Crippen LogP contribution in [0, 0.1) is 10.8 Å². The van der Waals surface area contributed by atoms with E-state index in [0.717, 1.165) is 6.42 Å². The van der Waals surface area contributed by atoms with Crippen molar-refractivity contribution in [2.45, 2.75) is 40.0 Å². The van der Waals surface area contributed by atoms with Crippen LogP contribution in [0.3, 0.4) is 0 Å².